The van der Waals surface area contributed by atoms with Crippen molar-refractivity contribution < 1.29 is 9.53 Å². The number of rotatable bonds is 3. The number of ether oxygens (including phenoxy) is 1. The molecule has 1 aromatic carbocycles. The molecule has 0 aromatic heterocycles. The number of nitrogens with two attached hydrogens (primary N) is 1. The van der Waals surface area contributed by atoms with Gasteiger partial charge in [-0.25, -0.2) is 0 Å². The molecule has 0 aliphatic heterocycles. The number of methoxy groups -OCH3 is 1. The summed E-state index contributed by atoms with van der Waals surface area (Å²) in [6.07, 6.45) is 3.26. The van der Waals surface area contributed by atoms with Gasteiger partial charge >= 0.3 is 0 Å². The molecule has 1 fully saturated rings. The smallest absolute Gasteiger partial charge is 0.257 e. The van der Waals surface area contributed by atoms with E-state index >= 15 is 0 Å². The standard InChI is InChI=1S/C14H20N2O2/c1-9-6-7-10(8-9)16-14(17)13-11(15)4-3-5-12(13)18-2/h3-5,9-10H,6-8,15H2,1-2H3,(H,16,17). The zero-order valence-electron chi connectivity index (χ0n) is 10.9. The Hall–Kier alpha value is -1.71. The van der Waals surface area contributed by atoms with Gasteiger partial charge in [-0.05, 0) is 37.3 Å². The zero-order valence-corrected chi connectivity index (χ0v) is 10.9. The predicted molar refractivity (Wildman–Crippen MR) is 71.7 cm³/mol. The Kier molecular flexibility index (Phi) is 3.75. The monoisotopic (exact) mass is 248 g/mol. The van der Waals surface area contributed by atoms with Crippen LogP contribution >= 0.6 is 0 Å². The molecule has 18 heavy (non-hydrogen) atoms. The van der Waals surface area contributed by atoms with Gasteiger partial charge in [-0.3, -0.25) is 4.79 Å². The third kappa shape index (κ3) is 2.58. The highest BCUT2D eigenvalue weighted by Crippen LogP contribution is 2.27. The lowest BCUT2D eigenvalue weighted by Crippen LogP contribution is -2.33. The van der Waals surface area contributed by atoms with Crippen LogP contribution < -0.4 is 15.8 Å². The Labute approximate surface area is 108 Å². The SMILES string of the molecule is COc1cccc(N)c1C(=O)NC1CCC(C)C1. The molecule has 1 aliphatic rings. The summed E-state index contributed by atoms with van der Waals surface area (Å²) in [5, 5.41) is 3.04. The van der Waals surface area contributed by atoms with Crippen LogP contribution in [0.1, 0.15) is 36.5 Å². The van der Waals surface area contributed by atoms with Gasteiger partial charge in [0, 0.05) is 11.7 Å². The fraction of sp³-hybridized carbons (Fsp3) is 0.500. The minimum Gasteiger partial charge on any atom is -0.496 e. The summed E-state index contributed by atoms with van der Waals surface area (Å²) in [5.74, 6) is 1.08. The summed E-state index contributed by atoms with van der Waals surface area (Å²) in [5.41, 5.74) is 6.76. The van der Waals surface area contributed by atoms with Gasteiger partial charge in [-0.15, -0.1) is 0 Å². The van der Waals surface area contributed by atoms with E-state index in [1.54, 1.807) is 25.3 Å². The molecule has 4 heteroatoms. The maximum absolute atomic E-state index is 12.2. The van der Waals surface area contributed by atoms with Crippen LogP contribution in [-0.2, 0) is 0 Å². The largest absolute Gasteiger partial charge is 0.496 e. The van der Waals surface area contributed by atoms with Gasteiger partial charge in [-0.2, -0.15) is 0 Å². The minimum atomic E-state index is -0.135. The van der Waals surface area contributed by atoms with Gasteiger partial charge in [0.05, 0.1) is 7.11 Å². The lowest BCUT2D eigenvalue weighted by molar-refractivity contribution is 0.0935. The Balaban J connectivity index is 2.13. The van der Waals surface area contributed by atoms with Crippen molar-refractivity contribution in [2.45, 2.75) is 32.2 Å². The minimum absolute atomic E-state index is 0.135. The Morgan fingerprint density at radius 2 is 2.22 bits per heavy atom. The first-order valence-electron chi connectivity index (χ1n) is 6.35. The number of anilines is 1. The molecular formula is C14H20N2O2. The number of nitrogen functional groups attached to an aromatic ring is 1. The van der Waals surface area contributed by atoms with Crippen LogP contribution in [-0.4, -0.2) is 19.1 Å². The molecule has 1 saturated carbocycles. The van der Waals surface area contributed by atoms with E-state index in [2.05, 4.69) is 12.2 Å². The second-order valence-electron chi connectivity index (χ2n) is 5.01. The molecule has 1 amide bonds. The lowest BCUT2D eigenvalue weighted by atomic mass is 10.1. The van der Waals surface area contributed by atoms with E-state index in [4.69, 9.17) is 10.5 Å². The number of hydrogen-bond donors (Lipinski definition) is 2. The predicted octanol–water partition coefficient (Wildman–Crippen LogP) is 2.20. The molecule has 3 N–H and O–H groups in total. The molecule has 4 nitrogen and oxygen atoms in total. The Morgan fingerprint density at radius 3 is 2.83 bits per heavy atom. The third-order valence-electron chi connectivity index (χ3n) is 3.54. The number of hydrogen-bond acceptors (Lipinski definition) is 3. The fourth-order valence-corrected chi connectivity index (χ4v) is 2.56. The van der Waals surface area contributed by atoms with E-state index < -0.39 is 0 Å². The van der Waals surface area contributed by atoms with Crippen LogP contribution in [0.4, 0.5) is 5.69 Å². The summed E-state index contributed by atoms with van der Waals surface area (Å²) in [6.45, 7) is 2.21. The van der Waals surface area contributed by atoms with Gasteiger partial charge in [0.15, 0.2) is 0 Å². The number of benzene rings is 1. The molecule has 2 rings (SSSR count). The highest BCUT2D eigenvalue weighted by atomic mass is 16.5. The molecule has 2 atom stereocenters. The summed E-state index contributed by atoms with van der Waals surface area (Å²) in [4.78, 5) is 12.2. The molecular weight excluding hydrogens is 228 g/mol. The zero-order chi connectivity index (χ0) is 13.1. The molecule has 0 spiro atoms. The van der Waals surface area contributed by atoms with Crippen molar-refractivity contribution in [3.63, 3.8) is 0 Å². The van der Waals surface area contributed by atoms with Crippen LogP contribution in [0.2, 0.25) is 0 Å². The fourth-order valence-electron chi connectivity index (χ4n) is 2.56. The highest BCUT2D eigenvalue weighted by Gasteiger charge is 2.25. The summed E-state index contributed by atoms with van der Waals surface area (Å²) >= 11 is 0. The first kappa shape index (κ1) is 12.7. The second-order valence-corrected chi connectivity index (χ2v) is 5.01. The Morgan fingerprint density at radius 1 is 1.44 bits per heavy atom. The van der Waals surface area contributed by atoms with Crippen LogP contribution in [0.3, 0.4) is 0 Å². The van der Waals surface area contributed by atoms with Gasteiger partial charge < -0.3 is 15.8 Å². The van der Waals surface area contributed by atoms with E-state index in [1.807, 2.05) is 0 Å². The second kappa shape index (κ2) is 5.29. The van der Waals surface area contributed by atoms with E-state index in [0.717, 1.165) is 12.8 Å². The van der Waals surface area contributed by atoms with Crippen molar-refractivity contribution in [3.8, 4) is 5.75 Å². The molecule has 1 aromatic rings. The maximum atomic E-state index is 12.2. The van der Waals surface area contributed by atoms with Gasteiger partial charge in [0.25, 0.3) is 5.91 Å². The van der Waals surface area contributed by atoms with Crippen molar-refractivity contribution in [3.05, 3.63) is 23.8 Å². The molecule has 0 bridgehead atoms. The molecule has 2 unspecified atom stereocenters. The molecule has 1 aliphatic carbocycles. The summed E-state index contributed by atoms with van der Waals surface area (Å²) in [7, 11) is 1.54. The topological polar surface area (TPSA) is 64.3 Å². The van der Waals surface area contributed by atoms with Gasteiger partial charge in [-0.1, -0.05) is 13.0 Å². The highest BCUT2D eigenvalue weighted by molar-refractivity contribution is 6.02. The average molecular weight is 248 g/mol. The summed E-state index contributed by atoms with van der Waals surface area (Å²) < 4.78 is 5.19. The number of nitrogens with one attached hydrogen (secondary N) is 1. The number of amides is 1. The van der Waals surface area contributed by atoms with E-state index in [1.165, 1.54) is 6.42 Å². The molecule has 0 radical (unpaired) electrons. The van der Waals surface area contributed by atoms with Gasteiger partial charge in [0.1, 0.15) is 11.3 Å². The normalized spacial score (nSPS) is 22.8. The number of carbonyl (C=O) groups excluding carboxylic acids is 1. The van der Waals surface area contributed by atoms with Crippen LogP contribution in [0.25, 0.3) is 0 Å². The summed E-state index contributed by atoms with van der Waals surface area (Å²) in [6, 6.07) is 5.51. The van der Waals surface area contributed by atoms with E-state index in [9.17, 15) is 4.79 Å². The van der Waals surface area contributed by atoms with Crippen LogP contribution in [0.5, 0.6) is 5.75 Å². The Bertz CT molecular complexity index is 445. The van der Waals surface area contributed by atoms with E-state index in [0.29, 0.717) is 22.9 Å². The number of carbonyl (C=O) groups is 1. The first-order chi connectivity index (χ1) is 8.61. The molecule has 98 valence electrons. The molecule has 0 heterocycles. The van der Waals surface area contributed by atoms with E-state index in [-0.39, 0.29) is 11.9 Å². The van der Waals surface area contributed by atoms with Crippen molar-refractivity contribution in [1.82, 2.24) is 5.32 Å². The first-order valence-corrected chi connectivity index (χ1v) is 6.35. The van der Waals surface area contributed by atoms with Crippen LogP contribution in [0, 0.1) is 5.92 Å². The van der Waals surface area contributed by atoms with Gasteiger partial charge in [0.2, 0.25) is 0 Å². The molecule has 0 saturated heterocycles. The van der Waals surface area contributed by atoms with Crippen molar-refractivity contribution in [1.29, 1.82) is 0 Å². The maximum Gasteiger partial charge on any atom is 0.257 e. The van der Waals surface area contributed by atoms with Crippen molar-refractivity contribution in [2.75, 3.05) is 12.8 Å². The average Bonchev–Trinajstić information content (AvgIpc) is 2.74. The third-order valence-corrected chi connectivity index (χ3v) is 3.54. The lowest BCUT2D eigenvalue weighted by Gasteiger charge is -2.15. The quantitative estimate of drug-likeness (QED) is 0.806. The van der Waals surface area contributed by atoms with Crippen molar-refractivity contribution >= 4 is 11.6 Å². The van der Waals surface area contributed by atoms with Crippen molar-refractivity contribution in [2.24, 2.45) is 5.92 Å². The van der Waals surface area contributed by atoms with Crippen LogP contribution in [0.15, 0.2) is 18.2 Å².